The molecule has 2 rings (SSSR count). The molecular weight excluding hydrogens is 442 g/mol. The number of aromatic nitrogens is 2. The maximum atomic E-state index is 12.6. The number of rotatable bonds is 12. The van der Waals surface area contributed by atoms with Crippen molar-refractivity contribution in [2.45, 2.75) is 52.0 Å². The summed E-state index contributed by atoms with van der Waals surface area (Å²) in [7, 11) is 0. The van der Waals surface area contributed by atoms with Crippen LogP contribution in [0.15, 0.2) is 24.3 Å². The number of nitrogens with zero attached hydrogens (tertiary/aromatic N) is 2. The lowest BCUT2D eigenvalue weighted by molar-refractivity contribution is -0.146. The van der Waals surface area contributed by atoms with Crippen LogP contribution in [-0.4, -0.2) is 52.2 Å². The van der Waals surface area contributed by atoms with Gasteiger partial charge in [-0.25, -0.2) is 4.79 Å². The van der Waals surface area contributed by atoms with E-state index in [1.54, 1.807) is 38.1 Å². The van der Waals surface area contributed by atoms with Gasteiger partial charge in [-0.3, -0.25) is 9.59 Å². The Hall–Kier alpha value is -3.89. The molecular formula is C23H31N5O6. The van der Waals surface area contributed by atoms with E-state index in [1.807, 2.05) is 0 Å². The first-order valence-corrected chi connectivity index (χ1v) is 11.1. The summed E-state index contributed by atoms with van der Waals surface area (Å²) in [5, 5.41) is 12.5. The van der Waals surface area contributed by atoms with Crippen molar-refractivity contribution in [3.8, 4) is 5.88 Å². The second-order valence-corrected chi connectivity index (χ2v) is 7.44. The van der Waals surface area contributed by atoms with Crippen molar-refractivity contribution in [1.29, 1.82) is 0 Å². The fourth-order valence-corrected chi connectivity index (χ4v) is 3.27. The minimum atomic E-state index is -0.961. The predicted octanol–water partition coefficient (Wildman–Crippen LogP) is 1.53. The van der Waals surface area contributed by atoms with Crippen LogP contribution in [0, 0.1) is 0 Å². The van der Waals surface area contributed by atoms with Gasteiger partial charge in [-0.05, 0) is 57.2 Å². The Morgan fingerprint density at radius 1 is 1.03 bits per heavy atom. The quantitative estimate of drug-likeness (QED) is 0.330. The van der Waals surface area contributed by atoms with Gasteiger partial charge in [0.05, 0.1) is 18.8 Å². The molecule has 0 unspecified atom stereocenters. The van der Waals surface area contributed by atoms with Crippen LogP contribution in [0.1, 0.15) is 54.6 Å². The van der Waals surface area contributed by atoms with E-state index in [-0.39, 0.29) is 43.7 Å². The van der Waals surface area contributed by atoms with Crippen molar-refractivity contribution in [2.75, 3.05) is 24.7 Å². The van der Waals surface area contributed by atoms with Crippen LogP contribution in [0.3, 0.4) is 0 Å². The van der Waals surface area contributed by atoms with Crippen molar-refractivity contribution < 1.29 is 29.0 Å². The Bertz CT molecular complexity index is 973. The number of carbonyl (C=O) groups excluding carboxylic acids is 3. The molecule has 0 radical (unpaired) electrons. The molecule has 0 bridgehead atoms. The molecule has 0 aliphatic carbocycles. The normalized spacial score (nSPS) is 11.5. The smallest absolute Gasteiger partial charge is 0.328 e. The lowest BCUT2D eigenvalue weighted by Crippen LogP contribution is -2.42. The van der Waals surface area contributed by atoms with E-state index in [1.165, 1.54) is 0 Å². The van der Waals surface area contributed by atoms with Gasteiger partial charge in [-0.1, -0.05) is 12.1 Å². The van der Waals surface area contributed by atoms with Crippen LogP contribution in [0.5, 0.6) is 5.88 Å². The van der Waals surface area contributed by atoms with Gasteiger partial charge in [0, 0.05) is 12.0 Å². The average molecular weight is 474 g/mol. The van der Waals surface area contributed by atoms with Crippen molar-refractivity contribution >= 4 is 29.6 Å². The van der Waals surface area contributed by atoms with Crippen LogP contribution in [0.4, 0.5) is 11.8 Å². The number of nitrogen functional groups attached to an aromatic ring is 2. The molecule has 0 aliphatic heterocycles. The van der Waals surface area contributed by atoms with Crippen LogP contribution in [-0.2, 0) is 31.9 Å². The highest BCUT2D eigenvalue weighted by Crippen LogP contribution is 2.22. The predicted molar refractivity (Wildman–Crippen MR) is 125 cm³/mol. The molecule has 0 saturated heterocycles. The highest BCUT2D eigenvalue weighted by Gasteiger charge is 2.24. The molecule has 0 spiro atoms. The molecule has 1 aromatic heterocycles. The summed E-state index contributed by atoms with van der Waals surface area (Å²) in [4.78, 5) is 44.0. The third-order valence-electron chi connectivity index (χ3n) is 4.96. The lowest BCUT2D eigenvalue weighted by Gasteiger charge is -2.17. The summed E-state index contributed by atoms with van der Waals surface area (Å²) >= 11 is 0. The zero-order valence-corrected chi connectivity index (χ0v) is 19.4. The summed E-state index contributed by atoms with van der Waals surface area (Å²) in [6, 6.07) is 5.94. The summed E-state index contributed by atoms with van der Waals surface area (Å²) in [6.07, 6.45) is 1.84. The topological polar surface area (TPSA) is 180 Å². The van der Waals surface area contributed by atoms with Crippen LogP contribution in [0.25, 0.3) is 0 Å². The largest absolute Gasteiger partial charge is 0.493 e. The summed E-state index contributed by atoms with van der Waals surface area (Å²) in [6.45, 7) is 3.75. The number of hydrogen-bond donors (Lipinski definition) is 4. The molecule has 11 heteroatoms. The third-order valence-corrected chi connectivity index (χ3v) is 4.96. The number of carbonyl (C=O) groups is 3. The highest BCUT2D eigenvalue weighted by atomic mass is 16.5. The Morgan fingerprint density at radius 2 is 1.71 bits per heavy atom. The Kier molecular flexibility index (Phi) is 10.1. The van der Waals surface area contributed by atoms with E-state index in [0.717, 1.165) is 5.56 Å². The standard InChI is InChI=1S/C23H31N5O6/c1-3-33-18(29)13-12-17(22(32)34-4-2)26-20(30)15-10-8-14(9-11-15)6-5-7-16-19(24)27-23(25)28-21(16)31/h8-11,17H,3-7,12-13H2,1-2H3,(H,26,30)(H5,24,25,27,28,31)/t17-/m0/s1. The minimum absolute atomic E-state index is 0.0182. The molecule has 1 aromatic carbocycles. The van der Waals surface area contributed by atoms with Crippen molar-refractivity contribution in [3.05, 3.63) is 41.0 Å². The zero-order valence-electron chi connectivity index (χ0n) is 19.4. The van der Waals surface area contributed by atoms with Crippen molar-refractivity contribution in [1.82, 2.24) is 15.3 Å². The third kappa shape index (κ3) is 7.91. The molecule has 1 atom stereocenters. The van der Waals surface area contributed by atoms with E-state index >= 15 is 0 Å². The summed E-state index contributed by atoms with van der Waals surface area (Å²) < 4.78 is 9.88. The second-order valence-electron chi connectivity index (χ2n) is 7.44. The number of nitrogens with two attached hydrogens (primary N) is 2. The number of nitrogens with one attached hydrogen (secondary N) is 1. The van der Waals surface area contributed by atoms with E-state index < -0.39 is 23.9 Å². The van der Waals surface area contributed by atoms with Gasteiger partial charge in [0.2, 0.25) is 11.8 Å². The second kappa shape index (κ2) is 13.0. The summed E-state index contributed by atoms with van der Waals surface area (Å²) in [5.41, 5.74) is 13.0. The number of benzene rings is 1. The van der Waals surface area contributed by atoms with Crippen LogP contribution < -0.4 is 16.8 Å². The Balaban J connectivity index is 1.94. The molecule has 11 nitrogen and oxygen atoms in total. The van der Waals surface area contributed by atoms with E-state index in [0.29, 0.717) is 30.4 Å². The monoisotopic (exact) mass is 473 g/mol. The first-order valence-electron chi connectivity index (χ1n) is 11.1. The molecule has 184 valence electrons. The SMILES string of the molecule is CCOC(=O)CC[C@H](NC(=O)c1ccc(CCCc2c(N)nc(N)nc2O)cc1)C(=O)OCC. The first kappa shape index (κ1) is 26.4. The lowest BCUT2D eigenvalue weighted by atomic mass is 10.0. The van der Waals surface area contributed by atoms with Gasteiger partial charge in [0.15, 0.2) is 0 Å². The molecule has 6 N–H and O–H groups in total. The van der Waals surface area contributed by atoms with Gasteiger partial charge in [-0.2, -0.15) is 9.97 Å². The van der Waals surface area contributed by atoms with Crippen LogP contribution in [0.2, 0.25) is 0 Å². The van der Waals surface area contributed by atoms with Crippen molar-refractivity contribution in [2.24, 2.45) is 0 Å². The van der Waals surface area contributed by atoms with Gasteiger partial charge < -0.3 is 31.4 Å². The average Bonchev–Trinajstić information content (AvgIpc) is 2.79. The number of aromatic hydroxyl groups is 1. The molecule has 0 aliphatic rings. The minimum Gasteiger partial charge on any atom is -0.493 e. The number of hydrogen-bond acceptors (Lipinski definition) is 10. The fraction of sp³-hybridized carbons (Fsp3) is 0.435. The zero-order chi connectivity index (χ0) is 25.1. The molecule has 2 aromatic rings. The Labute approximate surface area is 197 Å². The molecule has 1 amide bonds. The van der Waals surface area contributed by atoms with Crippen LogP contribution >= 0.6 is 0 Å². The number of ether oxygens (including phenoxy) is 2. The van der Waals surface area contributed by atoms with E-state index in [4.69, 9.17) is 20.9 Å². The van der Waals surface area contributed by atoms with Crippen molar-refractivity contribution in [3.63, 3.8) is 0 Å². The van der Waals surface area contributed by atoms with Gasteiger partial charge in [0.25, 0.3) is 5.91 Å². The molecule has 34 heavy (non-hydrogen) atoms. The highest BCUT2D eigenvalue weighted by molar-refractivity contribution is 5.96. The number of anilines is 2. The van der Waals surface area contributed by atoms with Gasteiger partial charge in [-0.15, -0.1) is 0 Å². The van der Waals surface area contributed by atoms with Gasteiger partial charge in [0.1, 0.15) is 11.9 Å². The number of aryl methyl sites for hydroxylation is 1. The Morgan fingerprint density at radius 3 is 2.32 bits per heavy atom. The first-order chi connectivity index (χ1) is 16.2. The maximum Gasteiger partial charge on any atom is 0.328 e. The number of esters is 2. The molecule has 0 fully saturated rings. The van der Waals surface area contributed by atoms with E-state index in [9.17, 15) is 19.5 Å². The summed E-state index contributed by atoms with van der Waals surface area (Å²) in [5.74, 6) is -1.67. The van der Waals surface area contributed by atoms with Gasteiger partial charge >= 0.3 is 11.9 Å². The molecule has 0 saturated carbocycles. The number of amides is 1. The maximum absolute atomic E-state index is 12.6. The fourth-order valence-electron chi connectivity index (χ4n) is 3.27. The molecule has 1 heterocycles. The van der Waals surface area contributed by atoms with E-state index in [2.05, 4.69) is 15.3 Å².